The standard InChI is InChI=1S/C16H15BrN2O3/c1-10(11-7-8-14(20)15(9-11)22-2)18-19-16(21)12-5-3-4-6-13(12)17/h3-9,20H,1-2H3,(H,19,21)/b18-10+. The van der Waals surface area contributed by atoms with Crippen molar-refractivity contribution in [1.82, 2.24) is 5.43 Å². The lowest BCUT2D eigenvalue weighted by Gasteiger charge is -2.07. The maximum Gasteiger partial charge on any atom is 0.272 e. The number of nitrogens with zero attached hydrogens (tertiary/aromatic N) is 1. The van der Waals surface area contributed by atoms with Crippen LogP contribution in [0.4, 0.5) is 0 Å². The summed E-state index contributed by atoms with van der Waals surface area (Å²) in [6.45, 7) is 1.76. The van der Waals surface area contributed by atoms with Crippen LogP contribution in [0.5, 0.6) is 11.5 Å². The van der Waals surface area contributed by atoms with Crippen molar-refractivity contribution in [2.45, 2.75) is 6.92 Å². The van der Waals surface area contributed by atoms with Crippen molar-refractivity contribution in [1.29, 1.82) is 0 Å². The SMILES string of the molecule is COc1cc(/C(C)=N/NC(=O)c2ccccc2Br)ccc1O. The van der Waals surface area contributed by atoms with Crippen LogP contribution in [0.15, 0.2) is 52.0 Å². The highest BCUT2D eigenvalue weighted by atomic mass is 79.9. The predicted octanol–water partition coefficient (Wildman–Crippen LogP) is 3.32. The third-order valence-corrected chi connectivity index (χ3v) is 3.73. The number of ether oxygens (including phenoxy) is 1. The number of amides is 1. The van der Waals surface area contributed by atoms with Crippen LogP contribution in [0.25, 0.3) is 0 Å². The summed E-state index contributed by atoms with van der Waals surface area (Å²) in [5, 5.41) is 13.7. The normalized spacial score (nSPS) is 11.1. The van der Waals surface area contributed by atoms with Gasteiger partial charge in [0, 0.05) is 10.0 Å². The lowest BCUT2D eigenvalue weighted by molar-refractivity contribution is 0.0954. The first-order valence-corrected chi connectivity index (χ1v) is 7.28. The van der Waals surface area contributed by atoms with Crippen molar-refractivity contribution < 1.29 is 14.6 Å². The molecule has 22 heavy (non-hydrogen) atoms. The molecule has 114 valence electrons. The average Bonchev–Trinajstić information content (AvgIpc) is 2.53. The van der Waals surface area contributed by atoms with Gasteiger partial charge < -0.3 is 9.84 Å². The predicted molar refractivity (Wildman–Crippen MR) is 88.5 cm³/mol. The van der Waals surface area contributed by atoms with E-state index in [1.54, 1.807) is 37.3 Å². The van der Waals surface area contributed by atoms with Crippen molar-refractivity contribution in [3.05, 3.63) is 58.1 Å². The Morgan fingerprint density at radius 2 is 2.00 bits per heavy atom. The van der Waals surface area contributed by atoms with Crippen molar-refractivity contribution in [3.8, 4) is 11.5 Å². The molecule has 0 heterocycles. The quantitative estimate of drug-likeness (QED) is 0.647. The van der Waals surface area contributed by atoms with Crippen LogP contribution in [-0.2, 0) is 0 Å². The number of carbonyl (C=O) groups is 1. The van der Waals surface area contributed by atoms with Gasteiger partial charge in [0.2, 0.25) is 0 Å². The number of methoxy groups -OCH3 is 1. The van der Waals surface area contributed by atoms with E-state index in [9.17, 15) is 9.90 Å². The van der Waals surface area contributed by atoms with E-state index in [0.29, 0.717) is 21.5 Å². The summed E-state index contributed by atoms with van der Waals surface area (Å²) in [6.07, 6.45) is 0. The Labute approximate surface area is 136 Å². The number of benzene rings is 2. The van der Waals surface area contributed by atoms with E-state index in [4.69, 9.17) is 4.74 Å². The highest BCUT2D eigenvalue weighted by Crippen LogP contribution is 2.26. The maximum absolute atomic E-state index is 12.1. The van der Waals surface area contributed by atoms with E-state index >= 15 is 0 Å². The molecule has 0 spiro atoms. The second kappa shape index (κ2) is 7.09. The number of aromatic hydroxyl groups is 1. The number of hydrazone groups is 1. The summed E-state index contributed by atoms with van der Waals surface area (Å²) in [5.41, 5.74) is 4.34. The van der Waals surface area contributed by atoms with Gasteiger partial charge in [-0.2, -0.15) is 5.10 Å². The van der Waals surface area contributed by atoms with E-state index in [2.05, 4.69) is 26.5 Å². The van der Waals surface area contributed by atoms with Crippen LogP contribution >= 0.6 is 15.9 Å². The molecule has 1 amide bonds. The number of nitrogens with one attached hydrogen (secondary N) is 1. The zero-order valence-corrected chi connectivity index (χ0v) is 13.7. The van der Waals surface area contributed by atoms with Gasteiger partial charge in [-0.05, 0) is 53.2 Å². The first-order chi connectivity index (χ1) is 10.5. The number of carbonyl (C=O) groups excluding carboxylic acids is 1. The lowest BCUT2D eigenvalue weighted by Crippen LogP contribution is -2.19. The summed E-state index contributed by atoms with van der Waals surface area (Å²) in [4.78, 5) is 12.1. The molecule has 0 radical (unpaired) electrons. The molecule has 0 saturated carbocycles. The summed E-state index contributed by atoms with van der Waals surface area (Å²) in [5.74, 6) is 0.0954. The summed E-state index contributed by atoms with van der Waals surface area (Å²) < 4.78 is 5.75. The molecule has 0 saturated heterocycles. The van der Waals surface area contributed by atoms with Gasteiger partial charge in [-0.3, -0.25) is 4.79 Å². The van der Waals surface area contributed by atoms with Crippen molar-refractivity contribution in [3.63, 3.8) is 0 Å². The van der Waals surface area contributed by atoms with Gasteiger partial charge in [-0.25, -0.2) is 5.43 Å². The van der Waals surface area contributed by atoms with Crippen molar-refractivity contribution in [2.75, 3.05) is 7.11 Å². The molecule has 6 heteroatoms. The Kier molecular flexibility index (Phi) is 5.16. The Morgan fingerprint density at radius 3 is 2.68 bits per heavy atom. The molecular formula is C16H15BrN2O3. The van der Waals surface area contributed by atoms with E-state index in [1.165, 1.54) is 13.2 Å². The third kappa shape index (κ3) is 3.65. The smallest absolute Gasteiger partial charge is 0.272 e. The first kappa shape index (κ1) is 16.0. The number of halogens is 1. The van der Waals surface area contributed by atoms with Gasteiger partial charge in [0.05, 0.1) is 18.4 Å². The number of hydrogen-bond donors (Lipinski definition) is 2. The molecule has 2 aromatic rings. The minimum atomic E-state index is -0.308. The zero-order valence-electron chi connectivity index (χ0n) is 12.1. The van der Waals surface area contributed by atoms with Crippen molar-refractivity contribution in [2.24, 2.45) is 5.10 Å². The lowest BCUT2D eigenvalue weighted by atomic mass is 10.1. The molecule has 2 N–H and O–H groups in total. The number of phenols is 1. The topological polar surface area (TPSA) is 70.9 Å². The van der Waals surface area contributed by atoms with Gasteiger partial charge in [0.15, 0.2) is 11.5 Å². The summed E-state index contributed by atoms with van der Waals surface area (Å²) >= 11 is 3.32. The van der Waals surface area contributed by atoms with Crippen LogP contribution in [0, 0.1) is 0 Å². The minimum Gasteiger partial charge on any atom is -0.504 e. The van der Waals surface area contributed by atoms with E-state index < -0.39 is 0 Å². The van der Waals surface area contributed by atoms with E-state index in [0.717, 1.165) is 5.56 Å². The molecule has 0 bridgehead atoms. The third-order valence-electron chi connectivity index (χ3n) is 3.04. The van der Waals surface area contributed by atoms with Crippen LogP contribution in [0.1, 0.15) is 22.8 Å². The second-order valence-corrected chi connectivity index (χ2v) is 5.36. The Bertz CT molecular complexity index is 729. The fourth-order valence-electron chi connectivity index (χ4n) is 1.81. The van der Waals surface area contributed by atoms with Gasteiger partial charge in [-0.1, -0.05) is 12.1 Å². The van der Waals surface area contributed by atoms with Crippen LogP contribution in [-0.4, -0.2) is 23.8 Å². The average molecular weight is 363 g/mol. The monoisotopic (exact) mass is 362 g/mol. The van der Waals surface area contributed by atoms with Crippen LogP contribution in [0.3, 0.4) is 0 Å². The summed E-state index contributed by atoms with van der Waals surface area (Å²) in [7, 11) is 1.47. The molecule has 0 aliphatic carbocycles. The van der Waals surface area contributed by atoms with Gasteiger partial charge in [-0.15, -0.1) is 0 Å². The number of rotatable bonds is 4. The molecule has 5 nitrogen and oxygen atoms in total. The number of phenolic OH excluding ortho intramolecular Hbond substituents is 1. The molecule has 0 aliphatic heterocycles. The van der Waals surface area contributed by atoms with E-state index in [-0.39, 0.29) is 11.7 Å². The molecular weight excluding hydrogens is 348 g/mol. The highest BCUT2D eigenvalue weighted by molar-refractivity contribution is 9.10. The molecule has 0 atom stereocenters. The fourth-order valence-corrected chi connectivity index (χ4v) is 2.27. The molecule has 2 aromatic carbocycles. The molecule has 0 aliphatic rings. The largest absolute Gasteiger partial charge is 0.504 e. The Balaban J connectivity index is 2.16. The van der Waals surface area contributed by atoms with Gasteiger partial charge >= 0.3 is 0 Å². The molecule has 0 aromatic heterocycles. The minimum absolute atomic E-state index is 0.0521. The van der Waals surface area contributed by atoms with Gasteiger partial charge in [0.1, 0.15) is 0 Å². The second-order valence-electron chi connectivity index (χ2n) is 4.50. The fraction of sp³-hybridized carbons (Fsp3) is 0.125. The number of hydrogen-bond acceptors (Lipinski definition) is 4. The maximum atomic E-state index is 12.1. The zero-order chi connectivity index (χ0) is 16.1. The van der Waals surface area contributed by atoms with Crippen LogP contribution in [0.2, 0.25) is 0 Å². The Hall–Kier alpha value is -2.34. The van der Waals surface area contributed by atoms with E-state index in [1.807, 2.05) is 6.07 Å². The Morgan fingerprint density at radius 1 is 1.27 bits per heavy atom. The molecule has 2 rings (SSSR count). The molecule has 0 fully saturated rings. The summed E-state index contributed by atoms with van der Waals surface area (Å²) in [6, 6.07) is 12.0. The first-order valence-electron chi connectivity index (χ1n) is 6.49. The van der Waals surface area contributed by atoms with Crippen LogP contribution < -0.4 is 10.2 Å². The van der Waals surface area contributed by atoms with Crippen molar-refractivity contribution >= 4 is 27.5 Å². The highest BCUT2D eigenvalue weighted by Gasteiger charge is 2.09. The molecule has 0 unspecified atom stereocenters. The van der Waals surface area contributed by atoms with Gasteiger partial charge in [0.25, 0.3) is 5.91 Å².